The molecule has 422 valence electrons. The summed E-state index contributed by atoms with van der Waals surface area (Å²) in [6.07, 6.45) is 5.14. The molecule has 0 aromatic heterocycles. The van der Waals surface area contributed by atoms with Gasteiger partial charge in [0.1, 0.15) is 17.1 Å². The lowest BCUT2D eigenvalue weighted by Gasteiger charge is -2.43. The summed E-state index contributed by atoms with van der Waals surface area (Å²) in [7, 11) is 4.09. The highest BCUT2D eigenvalue weighted by atomic mass is 35.5. The van der Waals surface area contributed by atoms with Crippen molar-refractivity contribution in [3.63, 3.8) is 0 Å². The molecular formula is C54H85Cl4N3O13. The molecule has 0 bridgehead atoms. The van der Waals surface area contributed by atoms with Gasteiger partial charge < -0.3 is 35.3 Å². The minimum absolute atomic E-state index is 0. The zero-order valence-corrected chi connectivity index (χ0v) is 48.7. The van der Waals surface area contributed by atoms with E-state index in [9.17, 15) is 33.6 Å². The molecule has 2 aliphatic rings. The number of Topliss-reactive ketones (excluding diaryl/α,β-unsaturated/α-hetero) is 2. The van der Waals surface area contributed by atoms with Crippen molar-refractivity contribution in [3.8, 4) is 0 Å². The van der Waals surface area contributed by atoms with E-state index >= 15 is 0 Å². The van der Waals surface area contributed by atoms with Crippen molar-refractivity contribution in [1.29, 1.82) is 0 Å². The van der Waals surface area contributed by atoms with Gasteiger partial charge >= 0.3 is 30.1 Å². The number of ether oxygens (including phenoxy) is 3. The van der Waals surface area contributed by atoms with Crippen molar-refractivity contribution in [2.24, 2.45) is 47.2 Å². The van der Waals surface area contributed by atoms with Crippen LogP contribution in [0.25, 0.3) is 0 Å². The van der Waals surface area contributed by atoms with Crippen LogP contribution in [-0.4, -0.2) is 107 Å². The summed E-state index contributed by atoms with van der Waals surface area (Å²) >= 11 is 18.2. The lowest BCUT2D eigenvalue weighted by Crippen LogP contribution is -2.54. The van der Waals surface area contributed by atoms with E-state index < -0.39 is 48.0 Å². The van der Waals surface area contributed by atoms with Crippen LogP contribution in [-0.2, 0) is 49.3 Å². The molecule has 0 unspecified atom stereocenters. The lowest BCUT2D eigenvalue weighted by molar-refractivity contribution is -0.160. The third-order valence-corrected chi connectivity index (χ3v) is 13.7. The fourth-order valence-corrected chi connectivity index (χ4v) is 9.33. The molecule has 2 amide bonds. The number of esters is 1. The summed E-state index contributed by atoms with van der Waals surface area (Å²) < 4.78 is 15.3. The van der Waals surface area contributed by atoms with Gasteiger partial charge in [-0.05, 0) is 93.1 Å². The fourth-order valence-electron chi connectivity index (χ4n) is 8.66. The molecule has 2 aromatic carbocycles. The van der Waals surface area contributed by atoms with Gasteiger partial charge in [0.2, 0.25) is 6.79 Å². The number of halogens is 4. The molecule has 5 atom stereocenters. The number of nitrogens with two attached hydrogens (primary N) is 1. The Labute approximate surface area is 461 Å². The van der Waals surface area contributed by atoms with Crippen LogP contribution in [0.2, 0.25) is 10.0 Å². The van der Waals surface area contributed by atoms with E-state index in [2.05, 4.69) is 13.8 Å². The molecule has 0 aliphatic heterocycles. The van der Waals surface area contributed by atoms with Crippen LogP contribution in [0.15, 0.2) is 48.5 Å². The van der Waals surface area contributed by atoms with Gasteiger partial charge in [-0.25, -0.2) is 9.59 Å². The van der Waals surface area contributed by atoms with Crippen LogP contribution >= 0.6 is 47.2 Å². The van der Waals surface area contributed by atoms with Crippen molar-refractivity contribution >= 4 is 88.9 Å². The highest BCUT2D eigenvalue weighted by Crippen LogP contribution is 2.44. The second-order valence-corrected chi connectivity index (χ2v) is 21.0. The number of amides is 2. The number of ketones is 2. The van der Waals surface area contributed by atoms with Gasteiger partial charge in [0.25, 0.3) is 0 Å². The minimum atomic E-state index is -1.18. The molecule has 0 radical (unpaired) electrons. The maximum atomic E-state index is 13.1. The third kappa shape index (κ3) is 21.4. The molecule has 2 aromatic rings. The summed E-state index contributed by atoms with van der Waals surface area (Å²) in [5.41, 5.74) is 4.14. The summed E-state index contributed by atoms with van der Waals surface area (Å²) in [6.45, 7) is 19.1. The Morgan fingerprint density at radius 1 is 0.608 bits per heavy atom. The van der Waals surface area contributed by atoms with Crippen LogP contribution in [0, 0.1) is 41.4 Å². The number of likely N-dealkylation sites (N-methyl/N-ethyl adjacent to an activating group) is 2. The highest BCUT2D eigenvalue weighted by Gasteiger charge is 2.50. The van der Waals surface area contributed by atoms with E-state index in [1.807, 2.05) is 47.6 Å². The normalized spacial score (nSPS) is 18.3. The third-order valence-electron chi connectivity index (χ3n) is 12.9. The predicted octanol–water partition coefficient (Wildman–Crippen LogP) is 12.0. The number of alkyl halides is 1. The lowest BCUT2D eigenvalue weighted by atomic mass is 9.74. The second-order valence-electron chi connectivity index (χ2n) is 20.0. The average Bonchev–Trinajstić information content (AvgIpc) is 3.33. The number of aliphatic hydroxyl groups is 1. The number of carbonyl (C=O) groups excluding carboxylic acids is 5. The highest BCUT2D eigenvalue weighted by molar-refractivity contribution is 6.32. The monoisotopic (exact) mass is 1120 g/mol. The van der Waals surface area contributed by atoms with Crippen LogP contribution in [0.4, 0.5) is 9.59 Å². The Hall–Kier alpha value is -4.19. The Morgan fingerprint density at radius 2 is 0.986 bits per heavy atom. The topological polar surface area (TPSA) is 240 Å². The number of carboxylic acid groups (broad SMARTS) is 2. The van der Waals surface area contributed by atoms with Gasteiger partial charge in [-0.3, -0.25) is 33.8 Å². The van der Waals surface area contributed by atoms with Gasteiger partial charge in [-0.1, -0.05) is 140 Å². The van der Waals surface area contributed by atoms with E-state index in [1.54, 1.807) is 63.4 Å². The molecule has 0 heterocycles. The molecule has 2 saturated carbocycles. The zero-order chi connectivity index (χ0) is 56.4. The van der Waals surface area contributed by atoms with Crippen molar-refractivity contribution in [2.75, 3.05) is 34.1 Å². The SMILES string of the molecule is CC(C)C[C@H](C(=O)O)C(C)C.CC(C)C[C@H](C(=O)OCOC(=O)N(C)[C@]1(c2ccccc2Cl)CCCCC1=O)C(C)C.CC(C)[C@H](N)C(=O)O.CN(C(=O)OCCl)[C@]1(c2ccccc2Cl)CCCCC1=O.CO.Cl. The summed E-state index contributed by atoms with van der Waals surface area (Å²) in [5.74, 6) is -1.28. The van der Waals surface area contributed by atoms with Gasteiger partial charge in [0.05, 0.1) is 11.8 Å². The van der Waals surface area contributed by atoms with Crippen LogP contribution in [0.1, 0.15) is 145 Å². The quantitative estimate of drug-likeness (QED) is 0.0655. The number of nitrogens with zero attached hydrogens (tertiary/aromatic N) is 2. The van der Waals surface area contributed by atoms with Crippen LogP contribution in [0.3, 0.4) is 0 Å². The Kier molecular flexibility index (Phi) is 34.9. The van der Waals surface area contributed by atoms with E-state index in [-0.39, 0.29) is 65.6 Å². The average molecular weight is 1130 g/mol. The zero-order valence-electron chi connectivity index (χ0n) is 45.7. The Morgan fingerprint density at radius 3 is 1.27 bits per heavy atom. The molecular weight excluding hydrogens is 1040 g/mol. The Balaban J connectivity index is 0. The predicted molar refractivity (Wildman–Crippen MR) is 292 cm³/mol. The second kappa shape index (κ2) is 36.0. The number of benzene rings is 2. The Bertz CT molecular complexity index is 2060. The van der Waals surface area contributed by atoms with Crippen molar-refractivity contribution < 1.29 is 63.1 Å². The van der Waals surface area contributed by atoms with Gasteiger partial charge in [-0.2, -0.15) is 0 Å². The van der Waals surface area contributed by atoms with Crippen LogP contribution < -0.4 is 5.73 Å². The van der Waals surface area contributed by atoms with Crippen molar-refractivity contribution in [1.82, 2.24) is 9.80 Å². The number of aliphatic hydroxyl groups excluding tert-OH is 1. The number of carbonyl (C=O) groups is 7. The molecule has 4 rings (SSSR count). The van der Waals surface area contributed by atoms with E-state index in [0.29, 0.717) is 65.1 Å². The van der Waals surface area contributed by atoms with Gasteiger partial charge in [-0.15, -0.1) is 12.4 Å². The van der Waals surface area contributed by atoms with Gasteiger partial charge in [0.15, 0.2) is 17.6 Å². The number of hydrogen-bond acceptors (Lipinski definition) is 12. The number of aliphatic carboxylic acids is 2. The van der Waals surface area contributed by atoms with Crippen LogP contribution in [0.5, 0.6) is 0 Å². The molecule has 2 aliphatic carbocycles. The van der Waals surface area contributed by atoms with Crippen molar-refractivity contribution in [2.45, 2.75) is 151 Å². The first-order chi connectivity index (χ1) is 34.1. The van der Waals surface area contributed by atoms with Crippen molar-refractivity contribution in [3.05, 3.63) is 69.7 Å². The van der Waals surface area contributed by atoms with E-state index in [4.69, 9.17) is 70.1 Å². The minimum Gasteiger partial charge on any atom is -0.481 e. The maximum absolute atomic E-state index is 13.1. The first kappa shape index (κ1) is 71.9. The molecule has 2 fully saturated rings. The maximum Gasteiger partial charge on any atom is 0.413 e. The molecule has 16 nitrogen and oxygen atoms in total. The summed E-state index contributed by atoms with van der Waals surface area (Å²) in [6, 6.07) is 13.2. The largest absolute Gasteiger partial charge is 0.481 e. The molecule has 74 heavy (non-hydrogen) atoms. The molecule has 0 spiro atoms. The first-order valence-corrected chi connectivity index (χ1v) is 26.2. The number of carboxylic acids is 2. The molecule has 0 saturated heterocycles. The van der Waals surface area contributed by atoms with E-state index in [0.717, 1.165) is 39.2 Å². The molecule has 5 N–H and O–H groups in total. The van der Waals surface area contributed by atoms with Gasteiger partial charge in [0, 0.05) is 55.2 Å². The molecule has 20 heteroatoms. The number of hydrogen-bond donors (Lipinski definition) is 4. The standard InChI is InChI=1S/C24H34ClNO5.C15H17Cl2NO3.C9H18O2.C5H11NO2.CH4O.ClH/c1-16(2)14-18(17(3)4)22(28)30-15-31-23(29)26(5)24(13-9-8-12-21(24)27)19-10-6-7-11-20(19)25;1-18(14(20)21-10-16)15(9-5-4-8-13(15)19)11-6-2-3-7-12(11)17;1-6(2)5-8(7(3)4)9(10)11;1-3(2)4(6)5(7)8;1-2;/h6-7,10-11,16-18H,8-9,12-15H2,1-5H3;2-3,6-7H,4-5,8-10H2,1H3;6-8H,5H2,1-4H3,(H,10,11);3-4H,6H2,1-2H3,(H,7,8);2H,1H3;1H/t18-,24-;15-;8-;4-;;/m0000../s1. The first-order valence-electron chi connectivity index (χ1n) is 24.9. The number of rotatable bonds is 17. The van der Waals surface area contributed by atoms with E-state index in [1.165, 1.54) is 16.8 Å². The summed E-state index contributed by atoms with van der Waals surface area (Å²) in [5, 5.41) is 24.9. The fraction of sp³-hybridized carbons (Fsp3) is 0.648. The summed E-state index contributed by atoms with van der Waals surface area (Å²) in [4.78, 5) is 86.5. The smallest absolute Gasteiger partial charge is 0.413 e.